The van der Waals surface area contributed by atoms with Gasteiger partial charge in [0.05, 0.1) is 12.5 Å². The van der Waals surface area contributed by atoms with E-state index < -0.39 is 0 Å². The van der Waals surface area contributed by atoms with E-state index in [9.17, 15) is 9.59 Å². The molecule has 1 aliphatic rings. The summed E-state index contributed by atoms with van der Waals surface area (Å²) in [6, 6.07) is 0. The summed E-state index contributed by atoms with van der Waals surface area (Å²) in [7, 11) is 0. The summed E-state index contributed by atoms with van der Waals surface area (Å²) in [6.45, 7) is 3.58. The average Bonchev–Trinajstić information content (AvgIpc) is 2.33. The number of carbonyl (C=O) groups is 2. The molecule has 4 nitrogen and oxygen atoms in total. The summed E-state index contributed by atoms with van der Waals surface area (Å²) in [6.07, 6.45) is 0.860. The zero-order valence-electron chi connectivity index (χ0n) is 7.91. The van der Waals surface area contributed by atoms with Crippen LogP contribution in [0.25, 0.3) is 0 Å². The minimum atomic E-state index is -0.297. The molecule has 1 saturated heterocycles. The minimum absolute atomic E-state index is 0.107. The summed E-state index contributed by atoms with van der Waals surface area (Å²) in [5.41, 5.74) is 0. The molecule has 0 spiro atoms. The Labute approximate surface area is 77.2 Å². The summed E-state index contributed by atoms with van der Waals surface area (Å²) in [4.78, 5) is 21.8. The van der Waals surface area contributed by atoms with Gasteiger partial charge in [-0.3, -0.25) is 9.59 Å². The molecule has 0 saturated carbocycles. The van der Waals surface area contributed by atoms with Crippen LogP contribution in [0, 0.1) is 0 Å². The Kier molecular flexibility index (Phi) is 3.28. The lowest BCUT2D eigenvalue weighted by Gasteiger charge is -2.10. The van der Waals surface area contributed by atoms with Crippen LogP contribution in [0.5, 0.6) is 0 Å². The fourth-order valence-electron chi connectivity index (χ4n) is 1.22. The lowest BCUT2D eigenvalue weighted by atomic mass is 10.2. The van der Waals surface area contributed by atoms with Crippen LogP contribution >= 0.6 is 0 Å². The molecule has 0 aromatic heterocycles. The van der Waals surface area contributed by atoms with Gasteiger partial charge >= 0.3 is 11.9 Å². The molecule has 0 amide bonds. The Morgan fingerprint density at radius 3 is 2.85 bits per heavy atom. The zero-order chi connectivity index (χ0) is 9.84. The van der Waals surface area contributed by atoms with E-state index in [0.717, 1.165) is 0 Å². The van der Waals surface area contributed by atoms with Gasteiger partial charge in [-0.05, 0) is 20.3 Å². The van der Waals surface area contributed by atoms with Crippen LogP contribution in [0.4, 0.5) is 0 Å². The quantitative estimate of drug-likeness (QED) is 0.618. The molecule has 0 aromatic carbocycles. The molecule has 0 aliphatic carbocycles. The normalized spacial score (nSPS) is 21.8. The smallest absolute Gasteiger partial charge is 0.309 e. The van der Waals surface area contributed by atoms with Crippen molar-refractivity contribution in [1.29, 1.82) is 0 Å². The van der Waals surface area contributed by atoms with Gasteiger partial charge in [0.25, 0.3) is 0 Å². The van der Waals surface area contributed by atoms with E-state index in [-0.39, 0.29) is 30.6 Å². The van der Waals surface area contributed by atoms with E-state index in [4.69, 9.17) is 9.47 Å². The Bertz CT molecular complexity index is 210. The topological polar surface area (TPSA) is 52.6 Å². The van der Waals surface area contributed by atoms with E-state index in [2.05, 4.69) is 0 Å². The summed E-state index contributed by atoms with van der Waals surface area (Å²) >= 11 is 0. The fourth-order valence-corrected chi connectivity index (χ4v) is 1.22. The van der Waals surface area contributed by atoms with E-state index in [1.54, 1.807) is 13.8 Å². The Balaban J connectivity index is 2.24. The van der Waals surface area contributed by atoms with Crippen molar-refractivity contribution < 1.29 is 19.1 Å². The summed E-state index contributed by atoms with van der Waals surface area (Å²) in [5.74, 6) is -0.517. The molecule has 1 heterocycles. The Morgan fingerprint density at radius 2 is 2.38 bits per heavy atom. The van der Waals surface area contributed by atoms with E-state index >= 15 is 0 Å². The van der Waals surface area contributed by atoms with Crippen molar-refractivity contribution in [3.63, 3.8) is 0 Å². The van der Waals surface area contributed by atoms with Crippen LogP contribution in [0.1, 0.15) is 33.1 Å². The zero-order valence-corrected chi connectivity index (χ0v) is 7.91. The maximum atomic E-state index is 11.1. The molecule has 1 unspecified atom stereocenters. The number of hydrogen-bond donors (Lipinski definition) is 0. The van der Waals surface area contributed by atoms with Crippen LogP contribution in [0.2, 0.25) is 0 Å². The second kappa shape index (κ2) is 4.25. The first-order valence-electron chi connectivity index (χ1n) is 4.47. The predicted octanol–water partition coefficient (Wildman–Crippen LogP) is 1.03. The SMILES string of the molecule is CC(C)OC(=O)CC1CCC(=O)O1. The fraction of sp³-hybridized carbons (Fsp3) is 0.778. The summed E-state index contributed by atoms with van der Waals surface area (Å²) < 4.78 is 9.79. The van der Waals surface area contributed by atoms with Crippen LogP contribution in [-0.4, -0.2) is 24.1 Å². The van der Waals surface area contributed by atoms with Crippen LogP contribution in [0.3, 0.4) is 0 Å². The molecular weight excluding hydrogens is 172 g/mol. The van der Waals surface area contributed by atoms with Gasteiger partial charge in [0, 0.05) is 6.42 Å². The van der Waals surface area contributed by atoms with Gasteiger partial charge in [-0.2, -0.15) is 0 Å². The first kappa shape index (κ1) is 10.0. The first-order valence-corrected chi connectivity index (χ1v) is 4.47. The molecule has 13 heavy (non-hydrogen) atoms. The second-order valence-electron chi connectivity index (χ2n) is 3.39. The maximum Gasteiger partial charge on any atom is 0.309 e. The molecule has 1 aliphatic heterocycles. The van der Waals surface area contributed by atoms with Crippen molar-refractivity contribution in [3.05, 3.63) is 0 Å². The highest BCUT2D eigenvalue weighted by molar-refractivity contribution is 5.74. The van der Waals surface area contributed by atoms with Crippen molar-refractivity contribution in [2.75, 3.05) is 0 Å². The highest BCUT2D eigenvalue weighted by Crippen LogP contribution is 2.17. The molecule has 1 rings (SSSR count). The number of cyclic esters (lactones) is 1. The monoisotopic (exact) mass is 186 g/mol. The molecule has 1 fully saturated rings. The summed E-state index contributed by atoms with van der Waals surface area (Å²) in [5, 5.41) is 0. The molecule has 0 bridgehead atoms. The molecule has 0 N–H and O–H groups in total. The Hall–Kier alpha value is -1.06. The van der Waals surface area contributed by atoms with Crippen molar-refractivity contribution in [2.24, 2.45) is 0 Å². The van der Waals surface area contributed by atoms with Crippen molar-refractivity contribution >= 4 is 11.9 Å². The average molecular weight is 186 g/mol. The van der Waals surface area contributed by atoms with Gasteiger partial charge in [0.15, 0.2) is 0 Å². The van der Waals surface area contributed by atoms with Gasteiger partial charge in [-0.15, -0.1) is 0 Å². The van der Waals surface area contributed by atoms with Gasteiger partial charge in [-0.1, -0.05) is 0 Å². The molecular formula is C9H14O4. The Morgan fingerprint density at radius 1 is 1.69 bits per heavy atom. The third kappa shape index (κ3) is 3.44. The van der Waals surface area contributed by atoms with Gasteiger partial charge in [-0.25, -0.2) is 0 Å². The van der Waals surface area contributed by atoms with Crippen molar-refractivity contribution in [1.82, 2.24) is 0 Å². The highest BCUT2D eigenvalue weighted by Gasteiger charge is 2.26. The van der Waals surface area contributed by atoms with Crippen LogP contribution in [-0.2, 0) is 19.1 Å². The number of hydrogen-bond acceptors (Lipinski definition) is 4. The van der Waals surface area contributed by atoms with Gasteiger partial charge in [0.2, 0.25) is 0 Å². The van der Waals surface area contributed by atoms with Crippen LogP contribution < -0.4 is 0 Å². The molecule has 0 radical (unpaired) electrons. The molecule has 1 atom stereocenters. The first-order chi connectivity index (χ1) is 6.08. The van der Waals surface area contributed by atoms with E-state index in [0.29, 0.717) is 12.8 Å². The lowest BCUT2D eigenvalue weighted by molar-refractivity contribution is -0.152. The van der Waals surface area contributed by atoms with E-state index in [1.807, 2.05) is 0 Å². The van der Waals surface area contributed by atoms with Crippen molar-refractivity contribution in [3.8, 4) is 0 Å². The highest BCUT2D eigenvalue weighted by atomic mass is 16.6. The number of carbonyl (C=O) groups excluding carboxylic acids is 2. The standard InChI is InChI=1S/C9H14O4/c1-6(2)12-9(11)5-7-3-4-8(10)13-7/h6-7H,3-5H2,1-2H3. The molecule has 4 heteroatoms. The molecule has 0 aromatic rings. The minimum Gasteiger partial charge on any atom is -0.463 e. The lowest BCUT2D eigenvalue weighted by Crippen LogP contribution is -2.18. The number of esters is 2. The third-order valence-corrected chi connectivity index (χ3v) is 1.73. The maximum absolute atomic E-state index is 11.1. The number of rotatable bonds is 3. The van der Waals surface area contributed by atoms with Crippen molar-refractivity contribution in [2.45, 2.75) is 45.3 Å². The largest absolute Gasteiger partial charge is 0.463 e. The van der Waals surface area contributed by atoms with Gasteiger partial charge < -0.3 is 9.47 Å². The predicted molar refractivity (Wildman–Crippen MR) is 45.0 cm³/mol. The molecule has 74 valence electrons. The second-order valence-corrected chi connectivity index (χ2v) is 3.39. The van der Waals surface area contributed by atoms with E-state index in [1.165, 1.54) is 0 Å². The van der Waals surface area contributed by atoms with Crippen LogP contribution in [0.15, 0.2) is 0 Å². The number of ether oxygens (including phenoxy) is 2. The van der Waals surface area contributed by atoms with Gasteiger partial charge in [0.1, 0.15) is 6.10 Å². The third-order valence-electron chi connectivity index (χ3n) is 1.73.